The van der Waals surface area contributed by atoms with Gasteiger partial charge >= 0.3 is 0 Å². The summed E-state index contributed by atoms with van der Waals surface area (Å²) in [5.74, 6) is -1.44. The number of amides is 1. The summed E-state index contributed by atoms with van der Waals surface area (Å²) in [7, 11) is -3.61. The number of rotatable bonds is 6. The fraction of sp³-hybridized carbons (Fsp3) is 0.222. The molecule has 0 aliphatic carbocycles. The molecular weight excluding hydrogens is 324 g/mol. The number of benzene rings is 2. The summed E-state index contributed by atoms with van der Waals surface area (Å²) in [6, 6.07) is 15.6. The third kappa shape index (κ3) is 5.21. The van der Waals surface area contributed by atoms with Crippen molar-refractivity contribution < 1.29 is 13.2 Å². The number of nitriles is 1. The Kier molecular flexibility index (Phi) is 5.72. The Labute approximate surface area is 141 Å². The predicted molar refractivity (Wildman–Crippen MR) is 93.1 cm³/mol. The Morgan fingerprint density at radius 2 is 1.83 bits per heavy atom. The number of nitrogens with one attached hydrogen (secondary N) is 1. The number of aryl methyl sites for hydroxylation is 1. The van der Waals surface area contributed by atoms with Crippen molar-refractivity contribution in [2.75, 3.05) is 11.1 Å². The van der Waals surface area contributed by atoms with Gasteiger partial charge in [-0.25, -0.2) is 8.42 Å². The third-order valence-corrected chi connectivity index (χ3v) is 4.91. The van der Waals surface area contributed by atoms with Gasteiger partial charge in [-0.05, 0) is 41.8 Å². The SMILES string of the molecule is CCc1ccc(NC(=O)CS(=O)(=O)Cc2cccc(C#N)c2)cc1. The highest BCUT2D eigenvalue weighted by Crippen LogP contribution is 2.12. The van der Waals surface area contributed by atoms with Gasteiger partial charge in [-0.1, -0.05) is 31.2 Å². The van der Waals surface area contributed by atoms with Crippen LogP contribution in [0.3, 0.4) is 0 Å². The van der Waals surface area contributed by atoms with E-state index in [-0.39, 0.29) is 5.75 Å². The molecule has 0 aliphatic rings. The van der Waals surface area contributed by atoms with Crippen molar-refractivity contribution in [3.63, 3.8) is 0 Å². The lowest BCUT2D eigenvalue weighted by Gasteiger charge is -2.07. The van der Waals surface area contributed by atoms with E-state index in [9.17, 15) is 13.2 Å². The highest BCUT2D eigenvalue weighted by atomic mass is 32.2. The van der Waals surface area contributed by atoms with Gasteiger partial charge in [-0.15, -0.1) is 0 Å². The maximum atomic E-state index is 12.2. The maximum Gasteiger partial charge on any atom is 0.239 e. The molecule has 0 aliphatic heterocycles. The first-order valence-electron chi connectivity index (χ1n) is 7.50. The minimum Gasteiger partial charge on any atom is -0.325 e. The summed E-state index contributed by atoms with van der Waals surface area (Å²) < 4.78 is 24.3. The van der Waals surface area contributed by atoms with Crippen molar-refractivity contribution >= 4 is 21.4 Å². The number of hydrogen-bond acceptors (Lipinski definition) is 4. The van der Waals surface area contributed by atoms with Gasteiger partial charge < -0.3 is 5.32 Å². The average Bonchev–Trinajstić information content (AvgIpc) is 2.54. The van der Waals surface area contributed by atoms with Crippen LogP contribution in [0, 0.1) is 11.3 Å². The highest BCUT2D eigenvalue weighted by Gasteiger charge is 2.18. The van der Waals surface area contributed by atoms with Gasteiger partial charge in [0.05, 0.1) is 17.4 Å². The molecule has 2 rings (SSSR count). The topological polar surface area (TPSA) is 87.0 Å². The van der Waals surface area contributed by atoms with Crippen LogP contribution in [0.25, 0.3) is 0 Å². The lowest BCUT2D eigenvalue weighted by atomic mass is 10.1. The van der Waals surface area contributed by atoms with Crippen molar-refractivity contribution in [2.24, 2.45) is 0 Å². The van der Waals surface area contributed by atoms with Crippen LogP contribution in [0.4, 0.5) is 5.69 Å². The second kappa shape index (κ2) is 7.75. The molecule has 1 amide bonds. The molecule has 6 heteroatoms. The van der Waals surface area contributed by atoms with E-state index >= 15 is 0 Å². The zero-order chi connectivity index (χ0) is 17.6. The largest absolute Gasteiger partial charge is 0.325 e. The molecule has 0 aromatic heterocycles. The molecule has 0 atom stereocenters. The molecule has 1 N–H and O–H groups in total. The van der Waals surface area contributed by atoms with Gasteiger partial charge in [-0.3, -0.25) is 4.79 Å². The number of sulfone groups is 1. The van der Waals surface area contributed by atoms with Crippen molar-refractivity contribution in [1.29, 1.82) is 5.26 Å². The molecule has 0 saturated carbocycles. The zero-order valence-corrected chi connectivity index (χ0v) is 14.1. The van der Waals surface area contributed by atoms with Crippen LogP contribution < -0.4 is 5.32 Å². The van der Waals surface area contributed by atoms with Gasteiger partial charge in [0, 0.05) is 5.69 Å². The number of anilines is 1. The number of carbonyl (C=O) groups is 1. The summed E-state index contributed by atoms with van der Waals surface area (Å²) in [4.78, 5) is 12.0. The minimum atomic E-state index is -3.61. The molecule has 0 unspecified atom stereocenters. The standard InChI is InChI=1S/C18H18N2O3S/c1-2-14-6-8-17(9-7-14)20-18(21)13-24(22,23)12-16-5-3-4-15(10-16)11-19/h3-10H,2,12-13H2,1H3,(H,20,21). The number of nitrogens with zero attached hydrogens (tertiary/aromatic N) is 1. The van der Waals surface area contributed by atoms with Crippen molar-refractivity contribution in [3.8, 4) is 6.07 Å². The van der Waals surface area contributed by atoms with Crippen LogP contribution in [0.5, 0.6) is 0 Å². The first-order chi connectivity index (χ1) is 11.4. The Hall–Kier alpha value is -2.65. The molecule has 24 heavy (non-hydrogen) atoms. The maximum absolute atomic E-state index is 12.2. The Bertz CT molecular complexity index is 866. The minimum absolute atomic E-state index is 0.273. The molecule has 0 radical (unpaired) electrons. The fourth-order valence-corrected chi connectivity index (χ4v) is 3.52. The first kappa shape index (κ1) is 17.7. The van der Waals surface area contributed by atoms with Gasteiger partial charge in [0.15, 0.2) is 9.84 Å². The first-order valence-corrected chi connectivity index (χ1v) is 9.32. The van der Waals surface area contributed by atoms with Crippen LogP contribution in [0.15, 0.2) is 48.5 Å². The lowest BCUT2D eigenvalue weighted by Crippen LogP contribution is -2.24. The van der Waals surface area contributed by atoms with Crippen LogP contribution in [0.1, 0.15) is 23.6 Å². The second-order valence-corrected chi connectivity index (χ2v) is 7.51. The van der Waals surface area contributed by atoms with E-state index in [0.717, 1.165) is 12.0 Å². The molecule has 0 fully saturated rings. The summed E-state index contributed by atoms with van der Waals surface area (Å²) in [6.45, 7) is 2.03. The molecular formula is C18H18N2O3S. The summed E-state index contributed by atoms with van der Waals surface area (Å²) in [6.07, 6.45) is 0.893. The van der Waals surface area contributed by atoms with E-state index in [1.165, 1.54) is 6.07 Å². The number of hydrogen-bond donors (Lipinski definition) is 1. The van der Waals surface area contributed by atoms with E-state index in [1.54, 1.807) is 30.3 Å². The predicted octanol–water partition coefficient (Wildman–Crippen LogP) is 2.67. The molecule has 0 spiro atoms. The Morgan fingerprint density at radius 3 is 2.46 bits per heavy atom. The van der Waals surface area contributed by atoms with E-state index in [2.05, 4.69) is 5.32 Å². The molecule has 0 saturated heterocycles. The van der Waals surface area contributed by atoms with E-state index in [1.807, 2.05) is 25.1 Å². The van der Waals surface area contributed by atoms with Gasteiger partial charge in [-0.2, -0.15) is 5.26 Å². The second-order valence-electron chi connectivity index (χ2n) is 5.44. The van der Waals surface area contributed by atoms with Crippen LogP contribution in [0.2, 0.25) is 0 Å². The Balaban J connectivity index is 1.99. The molecule has 5 nitrogen and oxygen atoms in total. The molecule has 0 bridgehead atoms. The highest BCUT2D eigenvalue weighted by molar-refractivity contribution is 7.91. The fourth-order valence-electron chi connectivity index (χ4n) is 2.26. The monoisotopic (exact) mass is 342 g/mol. The summed E-state index contributed by atoms with van der Waals surface area (Å²) in [5.41, 5.74) is 2.59. The van der Waals surface area contributed by atoms with Crippen LogP contribution in [-0.2, 0) is 26.8 Å². The molecule has 2 aromatic rings. The molecule has 2 aromatic carbocycles. The van der Waals surface area contributed by atoms with Gasteiger partial charge in [0.2, 0.25) is 5.91 Å². The number of carbonyl (C=O) groups excluding carboxylic acids is 1. The van der Waals surface area contributed by atoms with Crippen molar-refractivity contribution in [2.45, 2.75) is 19.1 Å². The normalized spacial score (nSPS) is 10.8. The Morgan fingerprint density at radius 1 is 1.12 bits per heavy atom. The van der Waals surface area contributed by atoms with Gasteiger partial charge in [0.25, 0.3) is 0 Å². The van der Waals surface area contributed by atoms with Crippen LogP contribution in [-0.4, -0.2) is 20.1 Å². The lowest BCUT2D eigenvalue weighted by molar-refractivity contribution is -0.113. The van der Waals surface area contributed by atoms with Crippen molar-refractivity contribution in [1.82, 2.24) is 0 Å². The average molecular weight is 342 g/mol. The quantitative estimate of drug-likeness (QED) is 0.874. The third-order valence-electron chi connectivity index (χ3n) is 3.44. The van der Waals surface area contributed by atoms with E-state index < -0.39 is 21.5 Å². The molecule has 0 heterocycles. The molecule has 124 valence electrons. The van der Waals surface area contributed by atoms with Crippen LogP contribution >= 0.6 is 0 Å². The summed E-state index contributed by atoms with van der Waals surface area (Å²) >= 11 is 0. The smallest absolute Gasteiger partial charge is 0.239 e. The van der Waals surface area contributed by atoms with E-state index in [4.69, 9.17) is 5.26 Å². The van der Waals surface area contributed by atoms with E-state index in [0.29, 0.717) is 16.8 Å². The summed E-state index contributed by atoms with van der Waals surface area (Å²) in [5, 5.41) is 11.4. The zero-order valence-electron chi connectivity index (χ0n) is 13.3. The van der Waals surface area contributed by atoms with Crippen molar-refractivity contribution in [3.05, 3.63) is 65.2 Å². The van der Waals surface area contributed by atoms with Gasteiger partial charge in [0.1, 0.15) is 5.75 Å².